The predicted octanol–water partition coefficient (Wildman–Crippen LogP) is 9.02. The highest BCUT2D eigenvalue weighted by Gasteiger charge is 2.51. The second-order valence-corrected chi connectivity index (χ2v) is 13.4. The van der Waals surface area contributed by atoms with Crippen LogP contribution in [0.15, 0.2) is 0 Å². The predicted molar refractivity (Wildman–Crippen MR) is 129 cm³/mol. The topological polar surface area (TPSA) is 0 Å². The SMILES string of the molecule is CCCCPC1CC(CCCC)(CCCC)CC(Cl)(PCCCC)C1Cl. The van der Waals surface area contributed by atoms with Crippen LogP contribution in [0.2, 0.25) is 0 Å². The molecular weight excluding hydrogens is 397 g/mol. The maximum Gasteiger partial charge on any atom is 0.0785 e. The van der Waals surface area contributed by atoms with Crippen LogP contribution in [-0.2, 0) is 0 Å². The van der Waals surface area contributed by atoms with Crippen molar-refractivity contribution in [2.24, 2.45) is 5.41 Å². The maximum atomic E-state index is 7.40. The molecule has 0 aromatic rings. The smallest absolute Gasteiger partial charge is 0.0785 e. The first kappa shape index (κ1) is 25.5. The van der Waals surface area contributed by atoms with Gasteiger partial charge in [0.05, 0.1) is 9.99 Å². The number of halogens is 2. The molecule has 0 bridgehead atoms. The number of unbranched alkanes of at least 4 members (excludes halogenated alkanes) is 4. The van der Waals surface area contributed by atoms with E-state index in [0.717, 1.165) is 17.2 Å². The van der Waals surface area contributed by atoms with Crippen molar-refractivity contribution in [2.45, 2.75) is 120 Å². The second kappa shape index (κ2) is 13.6. The summed E-state index contributed by atoms with van der Waals surface area (Å²) in [6.07, 6.45) is 18.4. The summed E-state index contributed by atoms with van der Waals surface area (Å²) in [5, 5.41) is 0.186. The van der Waals surface area contributed by atoms with Gasteiger partial charge in [-0.3, -0.25) is 0 Å². The summed E-state index contributed by atoms with van der Waals surface area (Å²) < 4.78 is -0.139. The van der Waals surface area contributed by atoms with Crippen LogP contribution in [0.5, 0.6) is 0 Å². The fraction of sp³-hybridized carbons (Fsp3) is 1.00. The lowest BCUT2D eigenvalue weighted by Crippen LogP contribution is -2.49. The van der Waals surface area contributed by atoms with Crippen LogP contribution in [0.3, 0.4) is 0 Å². The van der Waals surface area contributed by atoms with Crippen molar-refractivity contribution >= 4 is 40.4 Å². The first-order valence-electron chi connectivity index (χ1n) is 11.3. The van der Waals surface area contributed by atoms with Gasteiger partial charge in [0.1, 0.15) is 0 Å². The zero-order chi connectivity index (χ0) is 19.5. The molecule has 5 atom stereocenters. The molecule has 0 N–H and O–H groups in total. The van der Waals surface area contributed by atoms with E-state index in [1.807, 2.05) is 0 Å². The Kier molecular flexibility index (Phi) is 13.3. The van der Waals surface area contributed by atoms with Crippen LogP contribution in [0.1, 0.15) is 105 Å². The van der Waals surface area contributed by atoms with E-state index in [4.69, 9.17) is 23.2 Å². The molecule has 1 fully saturated rings. The van der Waals surface area contributed by atoms with E-state index in [1.54, 1.807) is 0 Å². The Morgan fingerprint density at radius 2 is 1.38 bits per heavy atom. The Morgan fingerprint density at radius 1 is 0.846 bits per heavy atom. The molecule has 1 saturated carbocycles. The minimum atomic E-state index is -0.139. The normalized spacial score (nSPS) is 29.3. The van der Waals surface area contributed by atoms with Gasteiger partial charge in [0.25, 0.3) is 0 Å². The van der Waals surface area contributed by atoms with Crippen LogP contribution < -0.4 is 0 Å². The Hall–Kier alpha value is 1.44. The largest absolute Gasteiger partial charge is 0.120 e. The summed E-state index contributed by atoms with van der Waals surface area (Å²) in [4.78, 5) is 0. The fourth-order valence-electron chi connectivity index (χ4n) is 4.49. The molecule has 26 heavy (non-hydrogen) atoms. The molecule has 1 aliphatic carbocycles. The third-order valence-corrected chi connectivity index (χ3v) is 11.4. The van der Waals surface area contributed by atoms with Gasteiger partial charge >= 0.3 is 0 Å². The van der Waals surface area contributed by atoms with Crippen LogP contribution in [0.4, 0.5) is 0 Å². The quantitative estimate of drug-likeness (QED) is 0.143. The monoisotopic (exact) mass is 440 g/mol. The average Bonchev–Trinajstić information content (AvgIpc) is 2.63. The summed E-state index contributed by atoms with van der Waals surface area (Å²) in [7, 11) is 1.83. The van der Waals surface area contributed by atoms with E-state index in [1.165, 1.54) is 89.4 Å². The Bertz CT molecular complexity index is 356. The van der Waals surface area contributed by atoms with Crippen molar-refractivity contribution in [3.8, 4) is 0 Å². The highest BCUT2D eigenvalue weighted by atomic mass is 35.5. The Morgan fingerprint density at radius 3 is 1.92 bits per heavy atom. The van der Waals surface area contributed by atoms with E-state index < -0.39 is 0 Å². The van der Waals surface area contributed by atoms with Gasteiger partial charge < -0.3 is 0 Å². The van der Waals surface area contributed by atoms with E-state index >= 15 is 0 Å². The van der Waals surface area contributed by atoms with Gasteiger partial charge in [0.15, 0.2) is 0 Å². The van der Waals surface area contributed by atoms with Crippen molar-refractivity contribution in [3.63, 3.8) is 0 Å². The van der Waals surface area contributed by atoms with Gasteiger partial charge in [-0.05, 0) is 61.9 Å². The molecule has 0 aromatic carbocycles. The van der Waals surface area contributed by atoms with Crippen molar-refractivity contribution in [3.05, 3.63) is 0 Å². The second-order valence-electron chi connectivity index (χ2n) is 8.55. The lowest BCUT2D eigenvalue weighted by atomic mass is 9.67. The third kappa shape index (κ3) is 8.05. The highest BCUT2D eigenvalue weighted by Crippen LogP contribution is 2.61. The summed E-state index contributed by atoms with van der Waals surface area (Å²) in [6, 6.07) is 0. The van der Waals surface area contributed by atoms with Gasteiger partial charge in [-0.1, -0.05) is 74.8 Å². The summed E-state index contributed by atoms with van der Waals surface area (Å²) >= 11 is 14.5. The lowest BCUT2D eigenvalue weighted by Gasteiger charge is -2.52. The van der Waals surface area contributed by atoms with Crippen LogP contribution in [0, 0.1) is 5.41 Å². The summed E-state index contributed by atoms with van der Waals surface area (Å²) in [5.74, 6) is 0. The van der Waals surface area contributed by atoms with Crippen LogP contribution >= 0.6 is 40.4 Å². The van der Waals surface area contributed by atoms with E-state index in [2.05, 4.69) is 27.7 Å². The minimum Gasteiger partial charge on any atom is -0.120 e. The van der Waals surface area contributed by atoms with E-state index in [9.17, 15) is 0 Å². The first-order chi connectivity index (χ1) is 12.5. The third-order valence-electron chi connectivity index (χ3n) is 6.08. The maximum absolute atomic E-state index is 7.40. The fourth-order valence-corrected chi connectivity index (χ4v) is 9.98. The molecule has 1 aliphatic rings. The van der Waals surface area contributed by atoms with Crippen LogP contribution in [0.25, 0.3) is 0 Å². The van der Waals surface area contributed by atoms with Gasteiger partial charge in [-0.15, -0.1) is 31.8 Å². The first-order valence-corrected chi connectivity index (χ1v) is 14.6. The molecule has 5 unspecified atom stereocenters. The molecule has 0 nitrogen and oxygen atoms in total. The number of hydrogen-bond donors (Lipinski definition) is 0. The molecule has 1 rings (SSSR count). The van der Waals surface area contributed by atoms with E-state index in [-0.39, 0.29) is 9.99 Å². The van der Waals surface area contributed by atoms with Gasteiger partial charge in [-0.25, -0.2) is 0 Å². The minimum absolute atomic E-state index is 0.139. The summed E-state index contributed by atoms with van der Waals surface area (Å²) in [5.41, 5.74) is 1.11. The molecule has 0 spiro atoms. The lowest BCUT2D eigenvalue weighted by molar-refractivity contribution is 0.148. The Balaban J connectivity index is 2.98. The molecule has 0 amide bonds. The van der Waals surface area contributed by atoms with Crippen molar-refractivity contribution in [1.29, 1.82) is 0 Å². The molecule has 0 radical (unpaired) electrons. The van der Waals surface area contributed by atoms with E-state index in [0.29, 0.717) is 11.1 Å². The van der Waals surface area contributed by atoms with Gasteiger partial charge in [0, 0.05) is 0 Å². The molecule has 4 heteroatoms. The molecule has 0 aliphatic heterocycles. The number of rotatable bonds is 14. The highest BCUT2D eigenvalue weighted by molar-refractivity contribution is 7.43. The van der Waals surface area contributed by atoms with Crippen molar-refractivity contribution in [2.75, 3.05) is 12.3 Å². The van der Waals surface area contributed by atoms with Gasteiger partial charge in [0.2, 0.25) is 0 Å². The van der Waals surface area contributed by atoms with Crippen molar-refractivity contribution in [1.82, 2.24) is 0 Å². The molecule has 0 heterocycles. The van der Waals surface area contributed by atoms with Crippen LogP contribution in [-0.4, -0.2) is 28.0 Å². The zero-order valence-electron chi connectivity index (χ0n) is 17.8. The molecule has 0 aromatic heterocycles. The molecule has 156 valence electrons. The Labute approximate surface area is 178 Å². The average molecular weight is 441 g/mol. The molecule has 0 saturated heterocycles. The standard InChI is InChI=1S/C22H44Cl2P2/c1-5-9-13-21(14-10-6-2)17-19(25-15-11-7-3)20(23)22(24,18-21)26-16-12-8-4/h19-20,25-26H,5-18H2,1-4H3. The summed E-state index contributed by atoms with van der Waals surface area (Å²) in [6.45, 7) is 9.25. The van der Waals surface area contributed by atoms with Crippen molar-refractivity contribution < 1.29 is 0 Å². The number of alkyl halides is 2. The zero-order valence-corrected chi connectivity index (χ0v) is 21.3. The van der Waals surface area contributed by atoms with Gasteiger partial charge in [-0.2, -0.15) is 0 Å². The molecular formula is C22H44Cl2P2. The number of hydrogen-bond acceptors (Lipinski definition) is 0.